The predicted molar refractivity (Wildman–Crippen MR) is 80.0 cm³/mol. The topological polar surface area (TPSA) is 69.6 Å². The van der Waals surface area contributed by atoms with Crippen molar-refractivity contribution in [3.8, 4) is 0 Å². The third-order valence-electron chi connectivity index (χ3n) is 3.53. The first-order chi connectivity index (χ1) is 9.40. The Hall–Kier alpha value is -1.56. The first kappa shape index (κ1) is 14.8. The molecule has 5 nitrogen and oxygen atoms in total. The highest BCUT2D eigenvalue weighted by Crippen LogP contribution is 2.26. The summed E-state index contributed by atoms with van der Waals surface area (Å²) in [5.74, 6) is -0.943. The summed E-state index contributed by atoms with van der Waals surface area (Å²) in [6, 6.07) is 2.78. The van der Waals surface area contributed by atoms with E-state index in [9.17, 15) is 9.59 Å². The van der Waals surface area contributed by atoms with Gasteiger partial charge in [0.05, 0.1) is 0 Å². The number of hydrogen-bond acceptors (Lipinski definition) is 2. The molecule has 1 fully saturated rings. The van der Waals surface area contributed by atoms with Gasteiger partial charge in [-0.3, -0.25) is 0 Å². The molecule has 0 aromatic heterocycles. The molecule has 1 saturated heterocycles. The van der Waals surface area contributed by atoms with E-state index in [4.69, 9.17) is 5.11 Å². The van der Waals surface area contributed by atoms with Crippen LogP contribution >= 0.6 is 15.9 Å². The van der Waals surface area contributed by atoms with Gasteiger partial charge in [0.25, 0.3) is 0 Å². The van der Waals surface area contributed by atoms with Crippen molar-refractivity contribution < 1.29 is 14.7 Å². The molecule has 1 aromatic carbocycles. The highest BCUT2D eigenvalue weighted by molar-refractivity contribution is 9.10. The Balaban J connectivity index is 2.18. The average molecular weight is 341 g/mol. The number of urea groups is 1. The lowest BCUT2D eigenvalue weighted by Gasteiger charge is -2.23. The van der Waals surface area contributed by atoms with Crippen molar-refractivity contribution in [3.63, 3.8) is 0 Å². The van der Waals surface area contributed by atoms with Crippen LogP contribution in [0.3, 0.4) is 0 Å². The van der Waals surface area contributed by atoms with Gasteiger partial charge in [-0.2, -0.15) is 0 Å². The molecule has 0 bridgehead atoms. The Morgan fingerprint density at radius 2 is 1.95 bits per heavy atom. The largest absolute Gasteiger partial charge is 0.480 e. The second kappa shape index (κ2) is 5.83. The lowest BCUT2D eigenvalue weighted by Crippen LogP contribution is -2.43. The molecule has 0 radical (unpaired) electrons. The van der Waals surface area contributed by atoms with Gasteiger partial charge in [0, 0.05) is 16.7 Å². The van der Waals surface area contributed by atoms with Crippen molar-refractivity contribution in [1.29, 1.82) is 0 Å². The third-order valence-corrected chi connectivity index (χ3v) is 3.99. The number of aliphatic carboxylic acids is 1. The molecule has 0 aliphatic carbocycles. The summed E-state index contributed by atoms with van der Waals surface area (Å²) < 4.78 is 0.954. The zero-order valence-electron chi connectivity index (χ0n) is 11.4. The lowest BCUT2D eigenvalue weighted by atomic mass is 10.1. The van der Waals surface area contributed by atoms with Gasteiger partial charge in [-0.25, -0.2) is 9.59 Å². The minimum atomic E-state index is -0.943. The number of hydrogen-bond donors (Lipinski definition) is 2. The second-order valence-corrected chi connectivity index (χ2v) is 5.95. The fourth-order valence-corrected chi connectivity index (χ4v) is 3.24. The summed E-state index contributed by atoms with van der Waals surface area (Å²) >= 11 is 3.41. The van der Waals surface area contributed by atoms with Gasteiger partial charge in [-0.05, 0) is 49.9 Å². The molecule has 0 spiro atoms. The molecule has 6 heteroatoms. The quantitative estimate of drug-likeness (QED) is 0.868. The average Bonchev–Trinajstić information content (AvgIpc) is 2.82. The molecule has 2 amide bonds. The van der Waals surface area contributed by atoms with Crippen molar-refractivity contribution in [1.82, 2.24) is 4.90 Å². The van der Waals surface area contributed by atoms with Crippen LogP contribution in [0.2, 0.25) is 0 Å². The maximum absolute atomic E-state index is 12.3. The predicted octanol–water partition coefficient (Wildman–Crippen LogP) is 3.15. The smallest absolute Gasteiger partial charge is 0.326 e. The highest BCUT2D eigenvalue weighted by atomic mass is 79.9. The number of likely N-dealkylation sites (tertiary alicyclic amines) is 1. The van der Waals surface area contributed by atoms with Crippen molar-refractivity contribution in [2.75, 3.05) is 11.9 Å². The zero-order chi connectivity index (χ0) is 14.9. The first-order valence-corrected chi connectivity index (χ1v) is 7.26. The van der Waals surface area contributed by atoms with Gasteiger partial charge in [-0.15, -0.1) is 0 Å². The van der Waals surface area contributed by atoms with Crippen molar-refractivity contribution in [2.45, 2.75) is 32.7 Å². The fourth-order valence-electron chi connectivity index (χ4n) is 2.55. The SMILES string of the molecule is Cc1cc(Br)cc(C)c1NC(=O)N1CCCC1C(=O)O. The molecule has 1 aliphatic heterocycles. The molecule has 1 unspecified atom stereocenters. The van der Waals surface area contributed by atoms with Gasteiger partial charge in [0.1, 0.15) is 6.04 Å². The van der Waals surface area contributed by atoms with E-state index in [-0.39, 0.29) is 6.03 Å². The standard InChI is InChI=1S/C14H17BrN2O3/c1-8-6-10(15)7-9(2)12(8)16-14(20)17-5-3-4-11(17)13(18)19/h6-7,11H,3-5H2,1-2H3,(H,16,20)(H,18,19). The Labute approximate surface area is 126 Å². The van der Waals surface area contributed by atoms with Crippen LogP contribution in [0.1, 0.15) is 24.0 Å². The minimum absolute atomic E-state index is 0.344. The molecule has 2 N–H and O–H groups in total. The van der Waals surface area contributed by atoms with E-state index in [0.717, 1.165) is 27.7 Å². The summed E-state index contributed by atoms with van der Waals surface area (Å²) in [5, 5.41) is 12.0. The van der Waals surface area contributed by atoms with Crippen LogP contribution in [0.25, 0.3) is 0 Å². The van der Waals surface area contributed by atoms with Crippen LogP contribution in [0, 0.1) is 13.8 Å². The Morgan fingerprint density at radius 1 is 1.35 bits per heavy atom. The molecule has 20 heavy (non-hydrogen) atoms. The van der Waals surface area contributed by atoms with Crippen molar-refractivity contribution in [3.05, 3.63) is 27.7 Å². The van der Waals surface area contributed by atoms with E-state index in [1.165, 1.54) is 4.90 Å². The molecular formula is C14H17BrN2O3. The van der Waals surface area contributed by atoms with E-state index in [2.05, 4.69) is 21.2 Å². The number of carboxylic acid groups (broad SMARTS) is 1. The number of aryl methyl sites for hydroxylation is 2. The second-order valence-electron chi connectivity index (χ2n) is 5.03. The number of benzene rings is 1. The molecule has 2 rings (SSSR count). The molecule has 1 atom stereocenters. The summed E-state index contributed by atoms with van der Waals surface area (Å²) in [5.41, 5.74) is 2.63. The molecular weight excluding hydrogens is 324 g/mol. The third kappa shape index (κ3) is 2.95. The Kier molecular flexibility index (Phi) is 4.32. The van der Waals surface area contributed by atoms with E-state index >= 15 is 0 Å². The summed E-state index contributed by atoms with van der Waals surface area (Å²) in [6.07, 6.45) is 1.24. The summed E-state index contributed by atoms with van der Waals surface area (Å²) in [4.78, 5) is 24.8. The van der Waals surface area contributed by atoms with Crippen LogP contribution in [0.15, 0.2) is 16.6 Å². The number of halogens is 1. The monoisotopic (exact) mass is 340 g/mol. The number of rotatable bonds is 2. The molecule has 1 aliphatic rings. The van der Waals surface area contributed by atoms with Gasteiger partial charge in [-0.1, -0.05) is 15.9 Å². The van der Waals surface area contributed by atoms with Crippen molar-refractivity contribution in [2.24, 2.45) is 0 Å². The first-order valence-electron chi connectivity index (χ1n) is 6.47. The van der Waals surface area contributed by atoms with Gasteiger partial charge < -0.3 is 15.3 Å². The number of anilines is 1. The fraction of sp³-hybridized carbons (Fsp3) is 0.429. The number of nitrogens with zero attached hydrogens (tertiary/aromatic N) is 1. The maximum atomic E-state index is 12.3. The van der Waals surface area contributed by atoms with Crippen LogP contribution < -0.4 is 5.32 Å². The van der Waals surface area contributed by atoms with Crippen LogP contribution in [-0.4, -0.2) is 34.6 Å². The minimum Gasteiger partial charge on any atom is -0.480 e. The Morgan fingerprint density at radius 3 is 2.50 bits per heavy atom. The molecule has 1 heterocycles. The van der Waals surface area contributed by atoms with Gasteiger partial charge in [0.15, 0.2) is 0 Å². The van der Waals surface area contributed by atoms with Crippen molar-refractivity contribution >= 4 is 33.6 Å². The van der Waals surface area contributed by atoms with Gasteiger partial charge in [0.2, 0.25) is 0 Å². The number of amides is 2. The summed E-state index contributed by atoms with van der Waals surface area (Å²) in [6.45, 7) is 4.30. The van der Waals surface area contributed by atoms with E-state index in [1.54, 1.807) is 0 Å². The van der Waals surface area contributed by atoms with Crippen LogP contribution in [0.5, 0.6) is 0 Å². The molecule has 108 valence electrons. The normalized spacial score (nSPS) is 18.1. The number of carbonyl (C=O) groups excluding carboxylic acids is 1. The lowest BCUT2D eigenvalue weighted by molar-refractivity contribution is -0.141. The molecule has 0 saturated carbocycles. The highest BCUT2D eigenvalue weighted by Gasteiger charge is 2.34. The zero-order valence-corrected chi connectivity index (χ0v) is 13.0. The number of carbonyl (C=O) groups is 2. The van der Waals surface area contributed by atoms with E-state index in [1.807, 2.05) is 26.0 Å². The van der Waals surface area contributed by atoms with E-state index in [0.29, 0.717) is 13.0 Å². The van der Waals surface area contributed by atoms with E-state index < -0.39 is 12.0 Å². The molecule has 1 aromatic rings. The van der Waals surface area contributed by atoms with Crippen LogP contribution in [0.4, 0.5) is 10.5 Å². The van der Waals surface area contributed by atoms with Gasteiger partial charge >= 0.3 is 12.0 Å². The Bertz CT molecular complexity index is 536. The summed E-state index contributed by atoms with van der Waals surface area (Å²) in [7, 11) is 0. The maximum Gasteiger partial charge on any atom is 0.326 e. The van der Waals surface area contributed by atoms with Crippen LogP contribution in [-0.2, 0) is 4.79 Å². The number of nitrogens with one attached hydrogen (secondary N) is 1. The number of carboxylic acids is 1.